The number of nitrogens with zero attached hydrogens (tertiary/aromatic N) is 1. The first-order chi connectivity index (χ1) is 8.04. The van der Waals surface area contributed by atoms with Gasteiger partial charge in [0.25, 0.3) is 5.69 Å². The van der Waals surface area contributed by atoms with E-state index in [2.05, 4.69) is 11.8 Å². The summed E-state index contributed by atoms with van der Waals surface area (Å²) in [5.74, 6) is 3.82. The molecule has 0 saturated heterocycles. The minimum atomic E-state index is -1.06. The van der Waals surface area contributed by atoms with Crippen molar-refractivity contribution in [3.8, 4) is 11.8 Å². The van der Waals surface area contributed by atoms with Crippen LogP contribution in [0.1, 0.15) is 17.5 Å². The van der Waals surface area contributed by atoms with Crippen LogP contribution in [0.5, 0.6) is 0 Å². The van der Waals surface area contributed by atoms with Gasteiger partial charge in [-0.3, -0.25) is 14.9 Å². The number of aliphatic hydroxyl groups excluding tert-OH is 1. The monoisotopic (exact) mass is 235 g/mol. The van der Waals surface area contributed by atoms with E-state index in [0.717, 1.165) is 0 Å². The van der Waals surface area contributed by atoms with Gasteiger partial charge in [-0.05, 0) is 12.1 Å². The van der Waals surface area contributed by atoms with E-state index in [0.29, 0.717) is 5.56 Å². The lowest BCUT2D eigenvalue weighted by Crippen LogP contribution is -1.96. The first-order valence-electron chi connectivity index (χ1n) is 4.63. The Labute approximate surface area is 96.7 Å². The maximum absolute atomic E-state index is 10.7. The molecular formula is C11H9NO5. The third-order valence-electron chi connectivity index (χ3n) is 1.92. The molecule has 0 atom stereocenters. The third kappa shape index (κ3) is 3.59. The molecular weight excluding hydrogens is 226 g/mol. The molecule has 0 aliphatic carbocycles. The normalized spacial score (nSPS) is 9.24. The first-order valence-corrected chi connectivity index (χ1v) is 4.63. The van der Waals surface area contributed by atoms with Crippen LogP contribution in [0.4, 0.5) is 5.69 Å². The molecule has 0 heterocycles. The highest BCUT2D eigenvalue weighted by atomic mass is 16.6. The molecule has 0 aromatic heterocycles. The van der Waals surface area contributed by atoms with E-state index in [4.69, 9.17) is 10.2 Å². The summed E-state index contributed by atoms with van der Waals surface area (Å²) in [6.45, 7) is -0.431. The number of hydrogen-bond donors (Lipinski definition) is 2. The number of aliphatic hydroxyl groups is 1. The standard InChI is InChI=1S/C11H9NO5/c13-7-9-5-4-8(2-1-3-11(14)15)6-10(9)12(16)17/h4-6,13H,3,7H2,(H,14,15). The number of nitro groups is 1. The lowest BCUT2D eigenvalue weighted by molar-refractivity contribution is -0.385. The molecule has 1 rings (SSSR count). The molecule has 0 saturated carbocycles. The van der Waals surface area contributed by atoms with Gasteiger partial charge in [-0.1, -0.05) is 11.8 Å². The lowest BCUT2D eigenvalue weighted by Gasteiger charge is -1.99. The summed E-state index contributed by atoms with van der Waals surface area (Å²) in [4.78, 5) is 20.3. The summed E-state index contributed by atoms with van der Waals surface area (Å²) < 4.78 is 0. The fourth-order valence-corrected chi connectivity index (χ4v) is 1.17. The minimum absolute atomic E-state index is 0.193. The van der Waals surface area contributed by atoms with E-state index in [1.807, 2.05) is 0 Å². The summed E-state index contributed by atoms with van der Waals surface area (Å²) in [6, 6.07) is 4.09. The van der Waals surface area contributed by atoms with Crippen molar-refractivity contribution in [1.29, 1.82) is 0 Å². The molecule has 0 fully saturated rings. The SMILES string of the molecule is O=C(O)CC#Cc1ccc(CO)c([N+](=O)[O-])c1. The molecule has 1 aromatic rings. The fraction of sp³-hybridized carbons (Fsp3) is 0.182. The van der Waals surface area contributed by atoms with Crippen LogP contribution in [-0.2, 0) is 11.4 Å². The van der Waals surface area contributed by atoms with Crippen LogP contribution in [0.3, 0.4) is 0 Å². The van der Waals surface area contributed by atoms with Gasteiger partial charge in [0.15, 0.2) is 0 Å². The van der Waals surface area contributed by atoms with Crippen LogP contribution in [0.25, 0.3) is 0 Å². The molecule has 17 heavy (non-hydrogen) atoms. The zero-order valence-electron chi connectivity index (χ0n) is 8.71. The highest BCUT2D eigenvalue weighted by Gasteiger charge is 2.12. The average molecular weight is 235 g/mol. The Balaban J connectivity index is 3.03. The number of benzene rings is 1. The highest BCUT2D eigenvalue weighted by Crippen LogP contribution is 2.19. The second-order valence-corrected chi connectivity index (χ2v) is 3.13. The molecule has 0 amide bonds. The lowest BCUT2D eigenvalue weighted by atomic mass is 10.1. The third-order valence-corrected chi connectivity index (χ3v) is 1.92. The van der Waals surface area contributed by atoms with E-state index in [9.17, 15) is 14.9 Å². The van der Waals surface area contributed by atoms with Gasteiger partial charge in [-0.15, -0.1) is 0 Å². The Morgan fingerprint density at radius 3 is 2.71 bits per heavy atom. The number of carbonyl (C=O) groups is 1. The topological polar surface area (TPSA) is 101 Å². The van der Waals surface area contributed by atoms with Gasteiger partial charge in [-0.2, -0.15) is 0 Å². The van der Waals surface area contributed by atoms with Gasteiger partial charge in [0.1, 0.15) is 6.42 Å². The molecule has 1 aromatic carbocycles. The van der Waals surface area contributed by atoms with E-state index < -0.39 is 17.5 Å². The Hall–Kier alpha value is -2.39. The first kappa shape index (κ1) is 12.7. The number of carboxylic acid groups (broad SMARTS) is 1. The summed E-state index contributed by atoms with van der Waals surface area (Å²) >= 11 is 0. The van der Waals surface area contributed by atoms with Crippen molar-refractivity contribution in [1.82, 2.24) is 0 Å². The zero-order chi connectivity index (χ0) is 12.8. The minimum Gasteiger partial charge on any atom is -0.481 e. The van der Waals surface area contributed by atoms with Crippen molar-refractivity contribution in [2.24, 2.45) is 0 Å². The average Bonchev–Trinajstić information content (AvgIpc) is 2.28. The predicted octanol–water partition coefficient (Wildman–Crippen LogP) is 0.913. The van der Waals surface area contributed by atoms with Gasteiger partial charge in [0, 0.05) is 11.6 Å². The molecule has 2 N–H and O–H groups in total. The van der Waals surface area contributed by atoms with Crippen LogP contribution in [0.15, 0.2) is 18.2 Å². The van der Waals surface area contributed by atoms with Crippen LogP contribution in [0.2, 0.25) is 0 Å². The summed E-state index contributed by atoms with van der Waals surface area (Å²) in [5.41, 5.74) is 0.309. The molecule has 6 nitrogen and oxygen atoms in total. The Morgan fingerprint density at radius 1 is 1.47 bits per heavy atom. The largest absolute Gasteiger partial charge is 0.481 e. The zero-order valence-corrected chi connectivity index (χ0v) is 8.71. The van der Waals surface area contributed by atoms with Gasteiger partial charge in [0.05, 0.1) is 17.1 Å². The summed E-state index contributed by atoms with van der Waals surface area (Å²) in [7, 11) is 0. The van der Waals surface area contributed by atoms with Crippen molar-refractivity contribution in [3.63, 3.8) is 0 Å². The summed E-state index contributed by atoms with van der Waals surface area (Å²) in [6.07, 6.45) is -0.324. The number of nitro benzene ring substituents is 1. The molecule has 0 aliphatic heterocycles. The van der Waals surface area contributed by atoms with Crippen molar-refractivity contribution in [2.45, 2.75) is 13.0 Å². The number of hydrogen-bond acceptors (Lipinski definition) is 4. The van der Waals surface area contributed by atoms with Crippen LogP contribution >= 0.6 is 0 Å². The van der Waals surface area contributed by atoms with Crippen molar-refractivity contribution in [2.75, 3.05) is 0 Å². The van der Waals surface area contributed by atoms with Gasteiger partial charge in [-0.25, -0.2) is 0 Å². The number of rotatable bonds is 3. The van der Waals surface area contributed by atoms with Crippen LogP contribution in [0, 0.1) is 22.0 Å². The highest BCUT2D eigenvalue weighted by molar-refractivity contribution is 5.70. The predicted molar refractivity (Wildman–Crippen MR) is 58.2 cm³/mol. The molecule has 6 heteroatoms. The van der Waals surface area contributed by atoms with E-state index in [1.165, 1.54) is 18.2 Å². The van der Waals surface area contributed by atoms with E-state index in [1.54, 1.807) is 0 Å². The van der Waals surface area contributed by atoms with E-state index in [-0.39, 0.29) is 17.7 Å². The smallest absolute Gasteiger partial charge is 0.315 e. The molecule has 0 aliphatic rings. The van der Waals surface area contributed by atoms with Crippen molar-refractivity contribution >= 4 is 11.7 Å². The van der Waals surface area contributed by atoms with Crippen molar-refractivity contribution < 1.29 is 19.9 Å². The number of carboxylic acids is 1. The van der Waals surface area contributed by atoms with Crippen molar-refractivity contribution in [3.05, 3.63) is 39.4 Å². The summed E-state index contributed by atoms with van der Waals surface area (Å²) in [5, 5.41) is 27.9. The Kier molecular flexibility index (Phi) is 4.20. The maximum Gasteiger partial charge on any atom is 0.315 e. The number of aliphatic carboxylic acids is 1. The molecule has 0 unspecified atom stereocenters. The second-order valence-electron chi connectivity index (χ2n) is 3.13. The molecule has 0 spiro atoms. The molecule has 0 radical (unpaired) electrons. The second kappa shape index (κ2) is 5.63. The van der Waals surface area contributed by atoms with Crippen LogP contribution < -0.4 is 0 Å². The van der Waals surface area contributed by atoms with Crippen LogP contribution in [-0.4, -0.2) is 21.1 Å². The fourth-order valence-electron chi connectivity index (χ4n) is 1.17. The van der Waals surface area contributed by atoms with Gasteiger partial charge in [0.2, 0.25) is 0 Å². The maximum atomic E-state index is 10.7. The molecule has 0 bridgehead atoms. The van der Waals surface area contributed by atoms with Gasteiger partial charge >= 0.3 is 5.97 Å². The van der Waals surface area contributed by atoms with Gasteiger partial charge < -0.3 is 10.2 Å². The Morgan fingerprint density at radius 2 is 2.18 bits per heavy atom. The molecule has 88 valence electrons. The van der Waals surface area contributed by atoms with E-state index >= 15 is 0 Å². The Bertz CT molecular complexity index is 512. The quantitative estimate of drug-likeness (QED) is 0.460.